The molecule has 0 N–H and O–H groups in total. The van der Waals surface area contributed by atoms with Gasteiger partial charge in [0.2, 0.25) is 0 Å². The fourth-order valence-corrected chi connectivity index (χ4v) is 0.791. The number of carbonyl (C=O) groups excluding carboxylic acids is 1. The Bertz CT molecular complexity index is 274. The van der Waals surface area contributed by atoms with Gasteiger partial charge in [-0.2, -0.15) is 4.89 Å². The number of ether oxygens (including phenoxy) is 1. The molecular weight excluding hydrogens is 220 g/mol. The van der Waals surface area contributed by atoms with Crippen molar-refractivity contribution in [3.8, 4) is 0 Å². The number of carbonyl (C=O) groups is 1. The van der Waals surface area contributed by atoms with E-state index in [4.69, 9.17) is 14.5 Å². The van der Waals surface area contributed by atoms with Crippen molar-refractivity contribution in [2.75, 3.05) is 0 Å². The van der Waals surface area contributed by atoms with Crippen LogP contribution in [0.4, 0.5) is 0 Å². The van der Waals surface area contributed by atoms with E-state index < -0.39 is 11.2 Å². The largest absolute Gasteiger partial charge is 0.459 e. The molecule has 0 aliphatic heterocycles. The van der Waals surface area contributed by atoms with Gasteiger partial charge in [-0.25, -0.2) is 0 Å². The van der Waals surface area contributed by atoms with Crippen LogP contribution in [-0.2, 0) is 19.3 Å². The predicted octanol–water partition coefficient (Wildman–Crippen LogP) is 3.37. The summed E-state index contributed by atoms with van der Waals surface area (Å²) < 4.78 is 5.25. The molecule has 4 heteroatoms. The fraction of sp³-hybridized carbons (Fsp3) is 0.769. The molecule has 0 spiro atoms. The normalized spacial score (nSPS) is 12.1. The molecule has 0 atom stereocenters. The third kappa shape index (κ3) is 8.74. The van der Waals surface area contributed by atoms with Gasteiger partial charge in [0.15, 0.2) is 0 Å². The molecule has 0 heterocycles. The topological polar surface area (TPSA) is 44.8 Å². The zero-order valence-electron chi connectivity index (χ0n) is 11.8. The predicted molar refractivity (Wildman–Crippen MR) is 66.1 cm³/mol. The van der Waals surface area contributed by atoms with Gasteiger partial charge in [0.05, 0.1) is 0 Å². The van der Waals surface area contributed by atoms with E-state index in [-0.39, 0.29) is 18.1 Å². The number of hydrogen-bond donors (Lipinski definition) is 0. The first-order valence-electron chi connectivity index (χ1n) is 5.81. The monoisotopic (exact) mass is 244 g/mol. The van der Waals surface area contributed by atoms with Gasteiger partial charge in [-0.1, -0.05) is 13.5 Å². The second-order valence-corrected chi connectivity index (χ2v) is 5.58. The van der Waals surface area contributed by atoms with Crippen molar-refractivity contribution in [1.29, 1.82) is 0 Å². The number of rotatable bonds is 6. The van der Waals surface area contributed by atoms with Gasteiger partial charge < -0.3 is 9.62 Å². The highest BCUT2D eigenvalue weighted by Gasteiger charge is 2.22. The Morgan fingerprint density at radius 2 is 1.71 bits per heavy atom. The van der Waals surface area contributed by atoms with Gasteiger partial charge in [0, 0.05) is 0 Å². The average Bonchev–Trinajstić information content (AvgIpc) is 2.12. The molecule has 0 saturated heterocycles. The van der Waals surface area contributed by atoms with Crippen molar-refractivity contribution < 1.29 is 19.3 Å². The summed E-state index contributed by atoms with van der Waals surface area (Å²) >= 11 is 0. The highest BCUT2D eigenvalue weighted by Crippen LogP contribution is 2.17. The van der Waals surface area contributed by atoms with Gasteiger partial charge in [-0.05, 0) is 41.0 Å². The van der Waals surface area contributed by atoms with E-state index in [9.17, 15) is 4.79 Å². The van der Waals surface area contributed by atoms with Gasteiger partial charge in [-0.15, -0.1) is 0 Å². The van der Waals surface area contributed by atoms with Gasteiger partial charge in [-0.3, -0.25) is 4.79 Å². The van der Waals surface area contributed by atoms with Gasteiger partial charge in [0.1, 0.15) is 23.4 Å². The third-order valence-electron chi connectivity index (χ3n) is 1.99. The molecule has 0 amide bonds. The number of hydrogen-bond acceptors (Lipinski definition) is 4. The van der Waals surface area contributed by atoms with Crippen molar-refractivity contribution in [3.63, 3.8) is 0 Å². The Hall–Kier alpha value is -1.03. The summed E-state index contributed by atoms with van der Waals surface area (Å²) in [5.74, 6) is -0.115. The third-order valence-corrected chi connectivity index (χ3v) is 1.99. The summed E-state index contributed by atoms with van der Waals surface area (Å²) in [6.45, 7) is 14.8. The van der Waals surface area contributed by atoms with E-state index in [0.717, 1.165) is 6.42 Å². The standard InChI is InChI=1S/C13H24O4/c1-8-13(6,7)15-11(14)9-10(2)16-17-12(3,4)5/h2,8-9H2,1,3-7H3. The molecule has 4 nitrogen and oxygen atoms in total. The van der Waals surface area contributed by atoms with Crippen molar-refractivity contribution in [1.82, 2.24) is 0 Å². The molecule has 0 aromatic heterocycles. The molecule has 0 radical (unpaired) electrons. The van der Waals surface area contributed by atoms with Crippen LogP contribution in [0.3, 0.4) is 0 Å². The molecule has 0 bridgehead atoms. The van der Waals surface area contributed by atoms with E-state index in [1.165, 1.54) is 0 Å². The van der Waals surface area contributed by atoms with Crippen LogP contribution in [-0.4, -0.2) is 17.2 Å². The van der Waals surface area contributed by atoms with E-state index in [0.29, 0.717) is 0 Å². The molecular formula is C13H24O4. The smallest absolute Gasteiger partial charge is 0.314 e. The molecule has 17 heavy (non-hydrogen) atoms. The first-order chi connectivity index (χ1) is 7.56. The van der Waals surface area contributed by atoms with Crippen LogP contribution in [0.15, 0.2) is 12.3 Å². The van der Waals surface area contributed by atoms with Gasteiger partial charge >= 0.3 is 5.97 Å². The molecule has 0 aromatic rings. The van der Waals surface area contributed by atoms with E-state index in [1.54, 1.807) is 0 Å². The van der Waals surface area contributed by atoms with E-state index in [1.807, 2.05) is 41.5 Å². The Balaban J connectivity index is 4.02. The summed E-state index contributed by atoms with van der Waals surface area (Å²) in [5, 5.41) is 0. The summed E-state index contributed by atoms with van der Waals surface area (Å²) in [6.07, 6.45) is 0.754. The first-order valence-corrected chi connectivity index (χ1v) is 5.81. The quantitative estimate of drug-likeness (QED) is 0.311. The van der Waals surface area contributed by atoms with Crippen LogP contribution in [0.2, 0.25) is 0 Å². The molecule has 0 saturated carbocycles. The molecule has 0 fully saturated rings. The first kappa shape index (κ1) is 16.0. The Morgan fingerprint density at radius 1 is 1.18 bits per heavy atom. The number of esters is 1. The minimum absolute atomic E-state index is 0.000486. The molecule has 0 aliphatic carbocycles. The lowest BCUT2D eigenvalue weighted by molar-refractivity contribution is -0.322. The van der Waals surface area contributed by atoms with Gasteiger partial charge in [0.25, 0.3) is 0 Å². The summed E-state index contributed by atoms with van der Waals surface area (Å²) in [7, 11) is 0. The second kappa shape index (κ2) is 6.05. The lowest BCUT2D eigenvalue weighted by Crippen LogP contribution is -2.27. The van der Waals surface area contributed by atoms with Crippen LogP contribution in [0, 0.1) is 0 Å². The highest BCUT2D eigenvalue weighted by molar-refractivity contribution is 5.72. The SMILES string of the molecule is C=C(CC(=O)OC(C)(C)CC)OOC(C)(C)C. The zero-order chi connectivity index (χ0) is 13.7. The van der Waals surface area contributed by atoms with Crippen LogP contribution in [0.25, 0.3) is 0 Å². The molecule has 0 unspecified atom stereocenters. The fourth-order valence-electron chi connectivity index (χ4n) is 0.791. The van der Waals surface area contributed by atoms with E-state index >= 15 is 0 Å². The molecule has 0 aliphatic rings. The second-order valence-electron chi connectivity index (χ2n) is 5.58. The molecule has 0 rings (SSSR count). The van der Waals surface area contributed by atoms with E-state index in [2.05, 4.69) is 6.58 Å². The van der Waals surface area contributed by atoms with Crippen molar-refractivity contribution in [3.05, 3.63) is 12.3 Å². The summed E-state index contributed by atoms with van der Waals surface area (Å²) in [4.78, 5) is 21.5. The maximum absolute atomic E-state index is 11.5. The summed E-state index contributed by atoms with van der Waals surface area (Å²) in [6, 6.07) is 0. The lowest BCUT2D eigenvalue weighted by atomic mass is 10.1. The Kier molecular flexibility index (Phi) is 5.69. The van der Waals surface area contributed by atoms with Crippen molar-refractivity contribution in [2.24, 2.45) is 0 Å². The maximum atomic E-state index is 11.5. The van der Waals surface area contributed by atoms with Crippen molar-refractivity contribution >= 4 is 5.97 Å². The Labute approximate surface area is 104 Å². The zero-order valence-corrected chi connectivity index (χ0v) is 11.8. The summed E-state index contributed by atoms with van der Waals surface area (Å²) in [5.41, 5.74) is -0.891. The van der Waals surface area contributed by atoms with Crippen LogP contribution in [0.5, 0.6) is 0 Å². The molecule has 100 valence electrons. The van der Waals surface area contributed by atoms with Crippen molar-refractivity contribution in [2.45, 2.75) is 65.6 Å². The highest BCUT2D eigenvalue weighted by atomic mass is 17.2. The van der Waals surface area contributed by atoms with Crippen LogP contribution >= 0.6 is 0 Å². The minimum Gasteiger partial charge on any atom is -0.459 e. The van der Waals surface area contributed by atoms with Crippen LogP contribution in [0.1, 0.15) is 54.4 Å². The Morgan fingerprint density at radius 3 is 2.12 bits per heavy atom. The molecule has 0 aromatic carbocycles. The average molecular weight is 244 g/mol. The minimum atomic E-state index is -0.456. The lowest BCUT2D eigenvalue weighted by Gasteiger charge is -2.24. The van der Waals surface area contributed by atoms with Crippen LogP contribution < -0.4 is 0 Å². The maximum Gasteiger partial charge on any atom is 0.314 e.